The van der Waals surface area contributed by atoms with Gasteiger partial charge < -0.3 is 18.7 Å². The molecule has 1 fully saturated rings. The Morgan fingerprint density at radius 2 is 1.94 bits per heavy atom. The van der Waals surface area contributed by atoms with Crippen molar-refractivity contribution < 1.29 is 23.5 Å². The Kier molecular flexibility index (Phi) is 7.41. The molecular weight excluding hydrogens is 398 g/mol. The molecule has 8 heteroatoms. The molecule has 0 saturated carbocycles. The number of hydrogen-bond acceptors (Lipinski definition) is 7. The highest BCUT2D eigenvalue weighted by molar-refractivity contribution is 5.68. The number of aryl methyl sites for hydroxylation is 2. The summed E-state index contributed by atoms with van der Waals surface area (Å²) in [6.07, 6.45) is 4.85. The summed E-state index contributed by atoms with van der Waals surface area (Å²) in [5.41, 5.74) is 0.619. The van der Waals surface area contributed by atoms with Crippen LogP contribution < -0.4 is 9.47 Å². The monoisotopic (exact) mass is 431 g/mol. The summed E-state index contributed by atoms with van der Waals surface area (Å²) in [6.45, 7) is 6.24. The van der Waals surface area contributed by atoms with Crippen molar-refractivity contribution in [3.05, 3.63) is 35.5 Å². The number of amides is 1. The molecule has 1 aromatic carbocycles. The van der Waals surface area contributed by atoms with E-state index >= 15 is 0 Å². The van der Waals surface area contributed by atoms with Crippen LogP contribution in [0.25, 0.3) is 0 Å². The Hall–Kier alpha value is -2.77. The highest BCUT2D eigenvalue weighted by Gasteiger charge is 2.34. The van der Waals surface area contributed by atoms with Crippen molar-refractivity contribution in [3.63, 3.8) is 0 Å². The average Bonchev–Trinajstić information content (AvgIpc) is 3.21. The molecule has 2 heterocycles. The molecule has 0 spiro atoms. The molecule has 1 atom stereocenters. The molecule has 1 aliphatic heterocycles. The van der Waals surface area contributed by atoms with Gasteiger partial charge in [-0.3, -0.25) is 4.90 Å². The third-order valence-corrected chi connectivity index (χ3v) is 5.21. The predicted molar refractivity (Wildman–Crippen MR) is 115 cm³/mol. The maximum Gasteiger partial charge on any atom is 0.410 e. The number of carbonyl (C=O) groups excluding carboxylic acids is 1. The molecular formula is C23H33N3O5. The first-order valence-electron chi connectivity index (χ1n) is 10.8. The maximum atomic E-state index is 12.6. The highest BCUT2D eigenvalue weighted by Crippen LogP contribution is 2.32. The predicted octanol–water partition coefficient (Wildman–Crippen LogP) is 4.72. The molecule has 170 valence electrons. The molecule has 0 N–H and O–H groups in total. The van der Waals surface area contributed by atoms with Gasteiger partial charge >= 0.3 is 6.09 Å². The largest absolute Gasteiger partial charge is 0.493 e. The Morgan fingerprint density at radius 1 is 1.16 bits per heavy atom. The third-order valence-electron chi connectivity index (χ3n) is 5.21. The molecule has 8 nitrogen and oxygen atoms in total. The molecule has 3 rings (SSSR count). The Balaban J connectivity index is 1.59. The molecule has 1 saturated heterocycles. The first-order chi connectivity index (χ1) is 14.8. The number of piperidine rings is 1. The minimum atomic E-state index is -0.538. The standard InChI is InChI=1S/C23H33N3O5/c1-23(2,3)30-22(27)26-14-7-6-10-17(26)21-24-20(25-31-21)11-8-9-16-12-13-18(28-4)19(15-16)29-5/h12-13,15,17H,6-11,14H2,1-5H3/t17-/m0/s1. The molecule has 0 unspecified atom stereocenters. The van der Waals surface area contributed by atoms with Crippen LogP contribution in [-0.2, 0) is 17.6 Å². The van der Waals surface area contributed by atoms with E-state index in [0.29, 0.717) is 24.7 Å². The normalized spacial score (nSPS) is 16.8. The Labute approximate surface area is 183 Å². The van der Waals surface area contributed by atoms with Crippen molar-refractivity contribution in [2.75, 3.05) is 20.8 Å². The zero-order chi connectivity index (χ0) is 22.4. The lowest BCUT2D eigenvalue weighted by Crippen LogP contribution is -2.42. The van der Waals surface area contributed by atoms with Gasteiger partial charge in [0.2, 0.25) is 5.89 Å². The summed E-state index contributed by atoms with van der Waals surface area (Å²) in [7, 11) is 3.26. The molecule has 1 aromatic heterocycles. The lowest BCUT2D eigenvalue weighted by molar-refractivity contribution is 0.00538. The van der Waals surface area contributed by atoms with Gasteiger partial charge in [0, 0.05) is 13.0 Å². The van der Waals surface area contributed by atoms with Crippen LogP contribution in [0.2, 0.25) is 0 Å². The SMILES string of the molecule is COc1ccc(CCCc2noc([C@@H]3CCCCN3C(=O)OC(C)(C)C)n2)cc1OC. The van der Waals surface area contributed by atoms with E-state index in [4.69, 9.17) is 18.7 Å². The summed E-state index contributed by atoms with van der Waals surface area (Å²) in [4.78, 5) is 18.9. The fourth-order valence-corrected chi connectivity index (χ4v) is 3.72. The van der Waals surface area contributed by atoms with Gasteiger partial charge in [0.1, 0.15) is 11.6 Å². The molecule has 0 bridgehead atoms. The fourth-order valence-electron chi connectivity index (χ4n) is 3.72. The topological polar surface area (TPSA) is 86.9 Å². The lowest BCUT2D eigenvalue weighted by Gasteiger charge is -2.34. The summed E-state index contributed by atoms with van der Waals surface area (Å²) < 4.78 is 21.7. The number of hydrogen-bond donors (Lipinski definition) is 0. The average molecular weight is 432 g/mol. The highest BCUT2D eigenvalue weighted by atomic mass is 16.6. The summed E-state index contributed by atoms with van der Waals surface area (Å²) >= 11 is 0. The van der Waals surface area contributed by atoms with Crippen LogP contribution in [0.4, 0.5) is 4.79 Å². The number of ether oxygens (including phenoxy) is 3. The zero-order valence-electron chi connectivity index (χ0n) is 19.1. The second-order valence-corrected chi connectivity index (χ2v) is 8.78. The van der Waals surface area contributed by atoms with E-state index in [0.717, 1.165) is 49.2 Å². The van der Waals surface area contributed by atoms with Crippen molar-refractivity contribution in [3.8, 4) is 11.5 Å². The molecule has 1 aliphatic rings. The smallest absolute Gasteiger partial charge is 0.410 e. The van der Waals surface area contributed by atoms with E-state index in [1.807, 2.05) is 39.0 Å². The fraction of sp³-hybridized carbons (Fsp3) is 0.609. The van der Waals surface area contributed by atoms with Crippen molar-refractivity contribution >= 4 is 6.09 Å². The van der Waals surface area contributed by atoms with E-state index in [9.17, 15) is 4.79 Å². The van der Waals surface area contributed by atoms with Gasteiger partial charge in [0.25, 0.3) is 0 Å². The Morgan fingerprint density at radius 3 is 2.65 bits per heavy atom. The van der Waals surface area contributed by atoms with E-state index in [1.165, 1.54) is 0 Å². The zero-order valence-corrected chi connectivity index (χ0v) is 19.1. The maximum absolute atomic E-state index is 12.6. The summed E-state index contributed by atoms with van der Waals surface area (Å²) in [5, 5.41) is 4.14. The van der Waals surface area contributed by atoms with Crippen molar-refractivity contribution in [2.45, 2.75) is 70.9 Å². The van der Waals surface area contributed by atoms with Gasteiger partial charge in [-0.15, -0.1) is 0 Å². The second-order valence-electron chi connectivity index (χ2n) is 8.78. The van der Waals surface area contributed by atoms with E-state index in [-0.39, 0.29) is 12.1 Å². The number of nitrogens with zero attached hydrogens (tertiary/aromatic N) is 3. The van der Waals surface area contributed by atoms with E-state index in [1.54, 1.807) is 19.1 Å². The minimum absolute atomic E-state index is 0.226. The van der Waals surface area contributed by atoms with Crippen LogP contribution >= 0.6 is 0 Å². The quantitative estimate of drug-likeness (QED) is 0.626. The van der Waals surface area contributed by atoms with Crippen LogP contribution in [0.15, 0.2) is 22.7 Å². The van der Waals surface area contributed by atoms with Gasteiger partial charge in [0.15, 0.2) is 17.3 Å². The minimum Gasteiger partial charge on any atom is -0.493 e. The van der Waals surface area contributed by atoms with Crippen molar-refractivity contribution in [2.24, 2.45) is 0 Å². The molecule has 0 aliphatic carbocycles. The Bertz CT molecular complexity index is 874. The molecule has 2 aromatic rings. The van der Waals surface area contributed by atoms with Crippen LogP contribution in [0.5, 0.6) is 11.5 Å². The van der Waals surface area contributed by atoms with Gasteiger partial charge in [-0.05, 0) is 70.6 Å². The number of benzene rings is 1. The van der Waals surface area contributed by atoms with Crippen LogP contribution in [0.3, 0.4) is 0 Å². The molecule has 31 heavy (non-hydrogen) atoms. The van der Waals surface area contributed by atoms with Crippen molar-refractivity contribution in [1.29, 1.82) is 0 Å². The number of rotatable bonds is 7. The first kappa shape index (κ1) is 22.9. The second kappa shape index (κ2) is 10.0. The van der Waals surface area contributed by atoms with Gasteiger partial charge in [-0.2, -0.15) is 4.98 Å². The first-order valence-corrected chi connectivity index (χ1v) is 10.8. The van der Waals surface area contributed by atoms with Crippen LogP contribution in [0.1, 0.15) is 69.8 Å². The van der Waals surface area contributed by atoms with E-state index in [2.05, 4.69) is 10.1 Å². The summed E-state index contributed by atoms with van der Waals surface area (Å²) in [5.74, 6) is 2.59. The number of methoxy groups -OCH3 is 2. The van der Waals surface area contributed by atoms with E-state index < -0.39 is 5.60 Å². The van der Waals surface area contributed by atoms with Crippen LogP contribution in [-0.4, -0.2) is 47.5 Å². The van der Waals surface area contributed by atoms with Gasteiger partial charge in [-0.25, -0.2) is 4.79 Å². The van der Waals surface area contributed by atoms with Gasteiger partial charge in [-0.1, -0.05) is 11.2 Å². The summed E-state index contributed by atoms with van der Waals surface area (Å²) in [6, 6.07) is 5.70. The molecule has 1 amide bonds. The third kappa shape index (κ3) is 6.12. The number of carbonyl (C=O) groups is 1. The lowest BCUT2D eigenvalue weighted by atomic mass is 10.0. The van der Waals surface area contributed by atoms with Crippen LogP contribution in [0, 0.1) is 0 Å². The number of aromatic nitrogens is 2. The molecule has 0 radical (unpaired) electrons. The number of likely N-dealkylation sites (tertiary alicyclic amines) is 1. The van der Waals surface area contributed by atoms with Crippen molar-refractivity contribution in [1.82, 2.24) is 15.0 Å². The van der Waals surface area contributed by atoms with Gasteiger partial charge in [0.05, 0.1) is 14.2 Å².